The molecule has 0 aromatic heterocycles. The fourth-order valence-corrected chi connectivity index (χ4v) is 0.496. The van der Waals surface area contributed by atoms with Crippen molar-refractivity contribution in [1.29, 1.82) is 0 Å². The van der Waals surface area contributed by atoms with Gasteiger partial charge in [-0.25, -0.2) is 0 Å². The van der Waals surface area contributed by atoms with E-state index in [0.717, 1.165) is 6.42 Å². The minimum absolute atomic E-state index is 1.13. The van der Waals surface area contributed by atoms with Crippen LogP contribution in [0.2, 0.25) is 0 Å². The first kappa shape index (κ1) is 7.21. The zero-order valence-electron chi connectivity index (χ0n) is 4.39. The second-order valence-corrected chi connectivity index (χ2v) is 1.87. The molecular weight excluding hydrogens is 199 g/mol. The summed E-state index contributed by atoms with van der Waals surface area (Å²) < 4.78 is 1.99. The lowest BCUT2D eigenvalue weighted by atomic mass is 10.4. The molecule has 0 aromatic carbocycles. The van der Waals surface area contributed by atoms with Crippen LogP contribution in [0, 0.1) is 0 Å². The summed E-state index contributed by atoms with van der Waals surface area (Å²) in [4.78, 5) is 0. The van der Waals surface area contributed by atoms with E-state index >= 15 is 0 Å². The summed E-state index contributed by atoms with van der Waals surface area (Å²) in [5.74, 6) is 0. The maximum Gasteiger partial charge on any atom is -0.0234 e. The molecule has 0 saturated heterocycles. The third kappa shape index (κ3) is 6.21. The number of rotatable bonds is 2. The molecule has 0 amide bonds. The van der Waals surface area contributed by atoms with Gasteiger partial charge in [0.2, 0.25) is 0 Å². The molecule has 0 atom stereocenters. The molecule has 0 heterocycles. The van der Waals surface area contributed by atoms with E-state index in [4.69, 9.17) is 0 Å². The van der Waals surface area contributed by atoms with E-state index in [2.05, 4.69) is 35.6 Å². The second kappa shape index (κ2) is 6.21. The van der Waals surface area contributed by atoms with Crippen LogP contribution in [-0.4, -0.2) is 0 Å². The van der Waals surface area contributed by atoms with E-state index < -0.39 is 0 Å². The molecule has 0 fully saturated rings. The Labute approximate surface area is 58.4 Å². The van der Waals surface area contributed by atoms with E-state index in [0.29, 0.717) is 0 Å². The Morgan fingerprint density at radius 3 is 2.57 bits per heavy atom. The predicted molar refractivity (Wildman–Crippen MR) is 42.6 cm³/mol. The van der Waals surface area contributed by atoms with E-state index in [1.54, 1.807) is 0 Å². The highest BCUT2D eigenvalue weighted by Gasteiger charge is 1.58. The van der Waals surface area contributed by atoms with Crippen LogP contribution in [0.25, 0.3) is 0 Å². The molecule has 0 aliphatic heterocycles. The first-order valence-corrected chi connectivity index (χ1v) is 3.58. The lowest BCUT2D eigenvalue weighted by Gasteiger charge is -1.69. The molecule has 0 rings (SSSR count). The largest absolute Gasteiger partial charge is 0.0848 e. The van der Waals surface area contributed by atoms with Crippen LogP contribution in [0.4, 0.5) is 0 Å². The Balaban J connectivity index is 3.09. The molecule has 0 aliphatic rings. The fourth-order valence-electron chi connectivity index (χ4n) is 0.257. The van der Waals surface area contributed by atoms with Crippen LogP contribution < -0.4 is 0 Å². The normalized spacial score (nSPS) is 11.7. The van der Waals surface area contributed by atoms with Gasteiger partial charge in [0.25, 0.3) is 0 Å². The highest BCUT2D eigenvalue weighted by Crippen LogP contribution is 1.85. The zero-order valence-corrected chi connectivity index (χ0v) is 6.55. The van der Waals surface area contributed by atoms with Gasteiger partial charge in [0.15, 0.2) is 0 Å². The topological polar surface area (TPSA) is 0 Å². The van der Waals surface area contributed by atoms with Gasteiger partial charge in [-0.05, 0) is 10.5 Å². The highest BCUT2D eigenvalue weighted by atomic mass is 127. The average molecular weight is 208 g/mol. The molecule has 0 saturated carbocycles. The summed E-state index contributed by atoms with van der Waals surface area (Å²) in [6, 6.07) is 0. The van der Waals surface area contributed by atoms with Crippen LogP contribution in [0.15, 0.2) is 22.3 Å². The maximum atomic E-state index is 2.20. The van der Waals surface area contributed by atoms with Gasteiger partial charge in [0.1, 0.15) is 0 Å². The molecule has 0 aromatic rings. The molecular formula is C6H9I. The smallest absolute Gasteiger partial charge is 0.0234 e. The van der Waals surface area contributed by atoms with E-state index in [1.807, 2.05) is 16.2 Å². The van der Waals surface area contributed by atoms with Crippen molar-refractivity contribution in [2.75, 3.05) is 0 Å². The van der Waals surface area contributed by atoms with Gasteiger partial charge in [-0.1, -0.05) is 47.7 Å². The van der Waals surface area contributed by atoms with Gasteiger partial charge < -0.3 is 0 Å². The third-order valence-electron chi connectivity index (χ3n) is 0.556. The standard InChI is InChI=1S/C6H9I/c1-2-3-4-5-6-7/h3-6H,2H2,1H3/b4-3-,6-5-. The molecule has 0 aliphatic carbocycles. The van der Waals surface area contributed by atoms with Gasteiger partial charge in [-0.15, -0.1) is 0 Å². The predicted octanol–water partition coefficient (Wildman–Crippen LogP) is 2.90. The molecule has 7 heavy (non-hydrogen) atoms. The zero-order chi connectivity index (χ0) is 5.54. The van der Waals surface area contributed by atoms with Crippen molar-refractivity contribution in [2.45, 2.75) is 13.3 Å². The molecule has 0 bridgehead atoms. The van der Waals surface area contributed by atoms with E-state index in [-0.39, 0.29) is 0 Å². The Morgan fingerprint density at radius 2 is 2.14 bits per heavy atom. The van der Waals surface area contributed by atoms with Crippen LogP contribution >= 0.6 is 22.6 Å². The Hall–Kier alpha value is 0.210. The van der Waals surface area contributed by atoms with Crippen molar-refractivity contribution >= 4 is 22.6 Å². The summed E-state index contributed by atoms with van der Waals surface area (Å²) in [6.45, 7) is 2.12. The van der Waals surface area contributed by atoms with Gasteiger partial charge in [0.05, 0.1) is 0 Å². The van der Waals surface area contributed by atoms with Crippen molar-refractivity contribution in [3.05, 3.63) is 22.3 Å². The average Bonchev–Trinajstić information content (AvgIpc) is 1.69. The minimum atomic E-state index is 1.13. The van der Waals surface area contributed by atoms with Crippen LogP contribution in [0.3, 0.4) is 0 Å². The van der Waals surface area contributed by atoms with Gasteiger partial charge in [-0.2, -0.15) is 0 Å². The molecule has 0 unspecified atom stereocenters. The first-order chi connectivity index (χ1) is 3.41. The molecule has 0 radical (unpaired) electrons. The lowest BCUT2D eigenvalue weighted by Crippen LogP contribution is -1.47. The SMILES string of the molecule is CC/C=C\C=C/I. The lowest BCUT2D eigenvalue weighted by molar-refractivity contribution is 1.22. The molecule has 40 valence electrons. The van der Waals surface area contributed by atoms with Crippen molar-refractivity contribution in [1.82, 2.24) is 0 Å². The summed E-state index contributed by atoms with van der Waals surface area (Å²) in [6.07, 6.45) is 7.31. The van der Waals surface area contributed by atoms with Crippen LogP contribution in [0.5, 0.6) is 0 Å². The highest BCUT2D eigenvalue weighted by molar-refractivity contribution is 14.1. The third-order valence-corrected chi connectivity index (χ3v) is 0.971. The van der Waals surface area contributed by atoms with Crippen LogP contribution in [0.1, 0.15) is 13.3 Å². The summed E-state index contributed by atoms with van der Waals surface area (Å²) in [5, 5.41) is 0. The number of halogens is 1. The monoisotopic (exact) mass is 208 g/mol. The number of allylic oxidation sites excluding steroid dienone is 3. The summed E-state index contributed by atoms with van der Waals surface area (Å²) in [5.41, 5.74) is 0. The molecule has 0 N–H and O–H groups in total. The van der Waals surface area contributed by atoms with Crippen LogP contribution in [-0.2, 0) is 0 Å². The minimum Gasteiger partial charge on any atom is -0.0848 e. The van der Waals surface area contributed by atoms with Crippen molar-refractivity contribution in [2.24, 2.45) is 0 Å². The van der Waals surface area contributed by atoms with E-state index in [9.17, 15) is 0 Å². The quantitative estimate of drug-likeness (QED) is 0.483. The number of hydrogen-bond donors (Lipinski definition) is 0. The first-order valence-electron chi connectivity index (χ1n) is 2.33. The Bertz CT molecular complexity index is 72.2. The van der Waals surface area contributed by atoms with Crippen molar-refractivity contribution < 1.29 is 0 Å². The van der Waals surface area contributed by atoms with Crippen molar-refractivity contribution in [3.63, 3.8) is 0 Å². The van der Waals surface area contributed by atoms with Gasteiger partial charge in [-0.3, -0.25) is 0 Å². The Morgan fingerprint density at radius 1 is 1.43 bits per heavy atom. The molecule has 0 nitrogen and oxygen atoms in total. The molecule has 0 spiro atoms. The fraction of sp³-hybridized carbons (Fsp3) is 0.333. The molecule has 1 heteroatoms. The van der Waals surface area contributed by atoms with Crippen molar-refractivity contribution in [3.8, 4) is 0 Å². The van der Waals surface area contributed by atoms with E-state index in [1.165, 1.54) is 0 Å². The second-order valence-electron chi connectivity index (χ2n) is 1.15. The number of hydrogen-bond acceptors (Lipinski definition) is 0. The Kier molecular flexibility index (Phi) is 6.40. The summed E-state index contributed by atoms with van der Waals surface area (Å²) >= 11 is 2.20. The van der Waals surface area contributed by atoms with Gasteiger partial charge >= 0.3 is 0 Å². The van der Waals surface area contributed by atoms with Gasteiger partial charge in [0, 0.05) is 0 Å². The maximum absolute atomic E-state index is 2.20. The summed E-state index contributed by atoms with van der Waals surface area (Å²) in [7, 11) is 0.